The molecule has 0 saturated carbocycles. The highest BCUT2D eigenvalue weighted by molar-refractivity contribution is 6.34. The van der Waals surface area contributed by atoms with E-state index < -0.39 is 0 Å². The predicted molar refractivity (Wildman–Crippen MR) is 70.0 cm³/mol. The topological polar surface area (TPSA) is 62.2 Å². The number of pyridine rings is 1. The number of phenolic OH excluding ortho intramolecular Hbond substituents is 1. The zero-order chi connectivity index (χ0) is 13.1. The fourth-order valence-electron chi connectivity index (χ4n) is 1.51. The van der Waals surface area contributed by atoms with Gasteiger partial charge in [-0.15, -0.1) is 0 Å². The summed E-state index contributed by atoms with van der Waals surface area (Å²) in [5.74, 6) is -0.285. The molecular formula is C13H11ClN2O2. The number of nitrogens with zero attached hydrogens (tertiary/aromatic N) is 1. The third-order valence-corrected chi connectivity index (χ3v) is 2.74. The van der Waals surface area contributed by atoms with Crippen LogP contribution in [0, 0.1) is 6.92 Å². The molecule has 0 aliphatic rings. The zero-order valence-electron chi connectivity index (χ0n) is 9.64. The van der Waals surface area contributed by atoms with Crippen LogP contribution in [0.2, 0.25) is 5.02 Å². The van der Waals surface area contributed by atoms with Gasteiger partial charge in [0, 0.05) is 12.3 Å². The number of amides is 1. The maximum absolute atomic E-state index is 12.0. The van der Waals surface area contributed by atoms with Gasteiger partial charge in [0.15, 0.2) is 0 Å². The van der Waals surface area contributed by atoms with Crippen LogP contribution in [-0.2, 0) is 0 Å². The Hall–Kier alpha value is -2.07. The van der Waals surface area contributed by atoms with Crippen molar-refractivity contribution in [1.29, 1.82) is 0 Å². The van der Waals surface area contributed by atoms with Crippen molar-refractivity contribution in [3.63, 3.8) is 0 Å². The van der Waals surface area contributed by atoms with E-state index in [4.69, 9.17) is 11.6 Å². The summed E-state index contributed by atoms with van der Waals surface area (Å²) >= 11 is 5.91. The standard InChI is InChI=1S/C13H11ClN2O2/c1-8-3-2-6-15-12(8)13(18)16-11-5-4-9(17)7-10(11)14/h2-7,17H,1H3,(H,16,18). The third-order valence-electron chi connectivity index (χ3n) is 2.43. The minimum absolute atomic E-state index is 0.0482. The van der Waals surface area contributed by atoms with Crippen LogP contribution in [0.25, 0.3) is 0 Å². The lowest BCUT2D eigenvalue weighted by atomic mass is 10.2. The van der Waals surface area contributed by atoms with E-state index in [1.807, 2.05) is 0 Å². The molecule has 1 heterocycles. The molecule has 2 aromatic rings. The molecule has 4 nitrogen and oxygen atoms in total. The quantitative estimate of drug-likeness (QED) is 0.818. The molecule has 1 aromatic carbocycles. The first-order valence-corrected chi connectivity index (χ1v) is 5.67. The molecule has 5 heteroatoms. The van der Waals surface area contributed by atoms with Crippen LogP contribution in [0.4, 0.5) is 5.69 Å². The van der Waals surface area contributed by atoms with Gasteiger partial charge in [0.05, 0.1) is 10.7 Å². The maximum Gasteiger partial charge on any atom is 0.274 e. The van der Waals surface area contributed by atoms with E-state index in [9.17, 15) is 9.90 Å². The average molecular weight is 263 g/mol. The minimum Gasteiger partial charge on any atom is -0.508 e. The van der Waals surface area contributed by atoms with Gasteiger partial charge in [-0.1, -0.05) is 17.7 Å². The van der Waals surface area contributed by atoms with Crippen molar-refractivity contribution in [2.24, 2.45) is 0 Å². The lowest BCUT2D eigenvalue weighted by Crippen LogP contribution is -2.15. The number of hydrogen-bond donors (Lipinski definition) is 2. The van der Waals surface area contributed by atoms with Gasteiger partial charge in [-0.25, -0.2) is 0 Å². The highest BCUT2D eigenvalue weighted by Crippen LogP contribution is 2.26. The van der Waals surface area contributed by atoms with Gasteiger partial charge >= 0.3 is 0 Å². The van der Waals surface area contributed by atoms with Crippen molar-refractivity contribution in [2.45, 2.75) is 6.92 Å². The molecule has 0 fully saturated rings. The van der Waals surface area contributed by atoms with Crippen molar-refractivity contribution in [3.05, 3.63) is 52.8 Å². The number of benzene rings is 1. The number of hydrogen-bond acceptors (Lipinski definition) is 3. The Morgan fingerprint density at radius 3 is 2.83 bits per heavy atom. The van der Waals surface area contributed by atoms with Crippen LogP contribution >= 0.6 is 11.6 Å². The number of rotatable bonds is 2. The number of phenols is 1. The van der Waals surface area contributed by atoms with E-state index in [0.717, 1.165) is 5.56 Å². The second-order valence-electron chi connectivity index (χ2n) is 3.79. The van der Waals surface area contributed by atoms with Crippen LogP contribution in [0.15, 0.2) is 36.5 Å². The number of aryl methyl sites for hydroxylation is 1. The van der Waals surface area contributed by atoms with Crippen molar-refractivity contribution in [1.82, 2.24) is 4.98 Å². The number of aromatic nitrogens is 1. The van der Waals surface area contributed by atoms with Gasteiger partial charge in [0.2, 0.25) is 0 Å². The molecule has 92 valence electrons. The van der Waals surface area contributed by atoms with Crippen molar-refractivity contribution >= 4 is 23.2 Å². The number of carbonyl (C=O) groups is 1. The van der Waals surface area contributed by atoms with Crippen LogP contribution in [0.1, 0.15) is 16.1 Å². The van der Waals surface area contributed by atoms with E-state index in [1.54, 1.807) is 25.3 Å². The molecule has 18 heavy (non-hydrogen) atoms. The second kappa shape index (κ2) is 5.06. The molecule has 0 unspecified atom stereocenters. The molecule has 0 bridgehead atoms. The fraction of sp³-hybridized carbons (Fsp3) is 0.0769. The van der Waals surface area contributed by atoms with E-state index in [0.29, 0.717) is 11.4 Å². The second-order valence-corrected chi connectivity index (χ2v) is 4.19. The average Bonchev–Trinajstić information content (AvgIpc) is 2.33. The van der Waals surface area contributed by atoms with Crippen LogP contribution in [0.3, 0.4) is 0 Å². The van der Waals surface area contributed by atoms with Crippen molar-refractivity contribution < 1.29 is 9.90 Å². The number of carbonyl (C=O) groups excluding carboxylic acids is 1. The van der Waals surface area contributed by atoms with Gasteiger partial charge in [0.25, 0.3) is 5.91 Å². The van der Waals surface area contributed by atoms with Crippen LogP contribution in [0.5, 0.6) is 5.75 Å². The molecule has 0 radical (unpaired) electrons. The summed E-state index contributed by atoms with van der Waals surface area (Å²) in [6, 6.07) is 7.92. The summed E-state index contributed by atoms with van der Waals surface area (Å²) in [5.41, 5.74) is 1.57. The molecule has 0 aliphatic heterocycles. The number of anilines is 1. The summed E-state index contributed by atoms with van der Waals surface area (Å²) in [4.78, 5) is 16.0. The summed E-state index contributed by atoms with van der Waals surface area (Å²) in [6.45, 7) is 1.81. The van der Waals surface area contributed by atoms with Crippen molar-refractivity contribution in [3.8, 4) is 5.75 Å². The van der Waals surface area contributed by atoms with Gasteiger partial charge in [0.1, 0.15) is 11.4 Å². The smallest absolute Gasteiger partial charge is 0.274 e. The lowest BCUT2D eigenvalue weighted by molar-refractivity contribution is 0.102. The maximum atomic E-state index is 12.0. The predicted octanol–water partition coefficient (Wildman–Crippen LogP) is 3.00. The molecule has 1 aromatic heterocycles. The van der Waals surface area contributed by atoms with Crippen LogP contribution < -0.4 is 5.32 Å². The molecule has 0 spiro atoms. The molecule has 0 saturated heterocycles. The molecule has 0 aliphatic carbocycles. The van der Waals surface area contributed by atoms with E-state index in [1.165, 1.54) is 18.2 Å². The Morgan fingerprint density at radius 2 is 2.17 bits per heavy atom. The fourth-order valence-corrected chi connectivity index (χ4v) is 1.73. The first kappa shape index (κ1) is 12.4. The Balaban J connectivity index is 2.24. The van der Waals surface area contributed by atoms with Crippen molar-refractivity contribution in [2.75, 3.05) is 5.32 Å². The molecule has 2 N–H and O–H groups in total. The first-order chi connectivity index (χ1) is 8.58. The number of aromatic hydroxyl groups is 1. The van der Waals surface area contributed by atoms with E-state index in [-0.39, 0.29) is 16.7 Å². The Bertz CT molecular complexity index is 599. The highest BCUT2D eigenvalue weighted by Gasteiger charge is 2.12. The SMILES string of the molecule is Cc1cccnc1C(=O)Nc1ccc(O)cc1Cl. The lowest BCUT2D eigenvalue weighted by Gasteiger charge is -2.08. The first-order valence-electron chi connectivity index (χ1n) is 5.29. The number of halogens is 1. The highest BCUT2D eigenvalue weighted by atomic mass is 35.5. The number of nitrogens with one attached hydrogen (secondary N) is 1. The summed E-state index contributed by atoms with van der Waals surface area (Å²) in [7, 11) is 0. The van der Waals surface area contributed by atoms with Gasteiger partial charge < -0.3 is 10.4 Å². The summed E-state index contributed by atoms with van der Waals surface area (Å²) in [5, 5.41) is 12.1. The molecular weight excluding hydrogens is 252 g/mol. The Kier molecular flexibility index (Phi) is 3.48. The van der Waals surface area contributed by atoms with Gasteiger partial charge in [-0.05, 0) is 30.7 Å². The third kappa shape index (κ3) is 2.60. The Morgan fingerprint density at radius 1 is 1.39 bits per heavy atom. The normalized spacial score (nSPS) is 10.1. The van der Waals surface area contributed by atoms with Gasteiger partial charge in [-0.2, -0.15) is 0 Å². The van der Waals surface area contributed by atoms with E-state index in [2.05, 4.69) is 10.3 Å². The van der Waals surface area contributed by atoms with Crippen LogP contribution in [-0.4, -0.2) is 16.0 Å². The van der Waals surface area contributed by atoms with E-state index >= 15 is 0 Å². The monoisotopic (exact) mass is 262 g/mol. The Labute approximate surface area is 109 Å². The summed E-state index contributed by atoms with van der Waals surface area (Å²) < 4.78 is 0. The van der Waals surface area contributed by atoms with Gasteiger partial charge in [-0.3, -0.25) is 9.78 Å². The largest absolute Gasteiger partial charge is 0.508 e. The molecule has 2 rings (SSSR count). The zero-order valence-corrected chi connectivity index (χ0v) is 10.4. The minimum atomic E-state index is -0.333. The molecule has 0 atom stereocenters. The summed E-state index contributed by atoms with van der Waals surface area (Å²) in [6.07, 6.45) is 1.56. The molecule has 1 amide bonds.